The summed E-state index contributed by atoms with van der Waals surface area (Å²) in [5.41, 5.74) is 0.310. The summed E-state index contributed by atoms with van der Waals surface area (Å²) in [4.78, 5) is 11.9. The summed E-state index contributed by atoms with van der Waals surface area (Å²) >= 11 is 3.28. The second-order valence-corrected chi connectivity index (χ2v) is 4.97. The molecule has 0 heterocycles. The Hall–Kier alpha value is -1.03. The van der Waals surface area contributed by atoms with Crippen LogP contribution in [0, 0.1) is 5.92 Å². The van der Waals surface area contributed by atoms with Crippen molar-refractivity contribution in [1.82, 2.24) is 5.32 Å². The number of phenolic OH excluding ortho intramolecular Hbond substituents is 1. The van der Waals surface area contributed by atoms with Gasteiger partial charge in [0.1, 0.15) is 5.75 Å². The zero-order valence-electron chi connectivity index (χ0n) is 10.2. The van der Waals surface area contributed by atoms with Crippen LogP contribution < -0.4 is 5.32 Å². The third kappa shape index (κ3) is 4.04. The fourth-order valence-electron chi connectivity index (χ4n) is 1.60. The Morgan fingerprint density at radius 2 is 2.06 bits per heavy atom. The predicted molar refractivity (Wildman–Crippen MR) is 72.2 cm³/mol. The average Bonchev–Trinajstić information content (AvgIpc) is 2.33. The summed E-state index contributed by atoms with van der Waals surface area (Å²) in [7, 11) is 0. The van der Waals surface area contributed by atoms with Gasteiger partial charge < -0.3 is 10.4 Å². The number of benzene rings is 1. The minimum absolute atomic E-state index is 0.00949. The molecule has 3 nitrogen and oxygen atoms in total. The van der Waals surface area contributed by atoms with E-state index in [0.29, 0.717) is 18.0 Å². The molecule has 0 saturated heterocycles. The molecule has 94 valence electrons. The molecular formula is C13H18BrNO2. The van der Waals surface area contributed by atoms with Crippen LogP contribution in [0.2, 0.25) is 0 Å². The first-order chi connectivity index (χ1) is 8.08. The topological polar surface area (TPSA) is 49.3 Å². The molecular weight excluding hydrogens is 282 g/mol. The van der Waals surface area contributed by atoms with Gasteiger partial charge >= 0.3 is 0 Å². The van der Waals surface area contributed by atoms with E-state index in [4.69, 9.17) is 0 Å². The van der Waals surface area contributed by atoms with E-state index < -0.39 is 0 Å². The number of nitrogens with one attached hydrogen (secondary N) is 1. The number of halogens is 1. The fraction of sp³-hybridized carbons (Fsp3) is 0.462. The fourth-order valence-corrected chi connectivity index (χ4v) is 1.96. The van der Waals surface area contributed by atoms with Crippen LogP contribution in [-0.2, 0) is 0 Å². The third-order valence-electron chi connectivity index (χ3n) is 2.91. The Labute approximate surface area is 110 Å². The van der Waals surface area contributed by atoms with Gasteiger partial charge in [-0.15, -0.1) is 0 Å². The zero-order valence-corrected chi connectivity index (χ0v) is 11.8. The van der Waals surface area contributed by atoms with E-state index in [9.17, 15) is 9.90 Å². The molecule has 0 bridgehead atoms. The number of hydrogen-bond donors (Lipinski definition) is 2. The number of carbonyl (C=O) groups excluding carboxylic acids is 1. The van der Waals surface area contributed by atoms with Gasteiger partial charge in [-0.2, -0.15) is 0 Å². The van der Waals surface area contributed by atoms with Crippen molar-refractivity contribution in [2.45, 2.75) is 26.7 Å². The van der Waals surface area contributed by atoms with Crippen molar-refractivity contribution >= 4 is 21.8 Å². The van der Waals surface area contributed by atoms with Crippen LogP contribution in [0.5, 0.6) is 5.75 Å². The van der Waals surface area contributed by atoms with Crippen LogP contribution in [0.15, 0.2) is 22.7 Å². The lowest BCUT2D eigenvalue weighted by Gasteiger charge is -2.13. The lowest BCUT2D eigenvalue weighted by molar-refractivity contribution is 0.0943. The van der Waals surface area contributed by atoms with Crippen molar-refractivity contribution in [3.63, 3.8) is 0 Å². The number of carbonyl (C=O) groups is 1. The van der Waals surface area contributed by atoms with Crippen LogP contribution >= 0.6 is 15.9 Å². The monoisotopic (exact) mass is 299 g/mol. The first-order valence-electron chi connectivity index (χ1n) is 5.85. The largest absolute Gasteiger partial charge is 0.507 e. The lowest BCUT2D eigenvalue weighted by Crippen LogP contribution is -2.28. The molecule has 0 radical (unpaired) electrons. The molecule has 0 saturated carbocycles. The highest BCUT2D eigenvalue weighted by Crippen LogP contribution is 2.21. The summed E-state index contributed by atoms with van der Waals surface area (Å²) in [6, 6.07) is 4.83. The summed E-state index contributed by atoms with van der Waals surface area (Å²) in [6.45, 7) is 4.87. The Balaban J connectivity index is 2.66. The van der Waals surface area contributed by atoms with Crippen molar-refractivity contribution < 1.29 is 9.90 Å². The van der Waals surface area contributed by atoms with Gasteiger partial charge in [0.2, 0.25) is 0 Å². The van der Waals surface area contributed by atoms with Crippen molar-refractivity contribution in [3.8, 4) is 5.75 Å². The molecule has 17 heavy (non-hydrogen) atoms. The molecule has 0 aliphatic rings. The number of hydrogen-bond acceptors (Lipinski definition) is 2. The maximum absolute atomic E-state index is 11.9. The molecule has 1 amide bonds. The van der Waals surface area contributed by atoms with Crippen LogP contribution in [-0.4, -0.2) is 17.6 Å². The van der Waals surface area contributed by atoms with Crippen molar-refractivity contribution in [1.29, 1.82) is 0 Å². The maximum atomic E-state index is 11.9. The molecule has 0 aromatic heterocycles. The highest BCUT2D eigenvalue weighted by molar-refractivity contribution is 9.10. The minimum Gasteiger partial charge on any atom is -0.507 e. The molecule has 0 spiro atoms. The molecule has 1 aromatic rings. The normalized spacial score (nSPS) is 10.6. The van der Waals surface area contributed by atoms with Crippen LogP contribution in [0.25, 0.3) is 0 Å². The molecule has 1 rings (SSSR count). The summed E-state index contributed by atoms with van der Waals surface area (Å²) in [5.74, 6) is 0.277. The Bertz CT molecular complexity index is 389. The number of rotatable bonds is 5. The van der Waals surface area contributed by atoms with E-state index in [2.05, 4.69) is 35.1 Å². The van der Waals surface area contributed by atoms with Gasteiger partial charge in [-0.1, -0.05) is 42.6 Å². The lowest BCUT2D eigenvalue weighted by atomic mass is 10.0. The quantitative estimate of drug-likeness (QED) is 0.876. The van der Waals surface area contributed by atoms with Crippen LogP contribution in [0.3, 0.4) is 0 Å². The summed E-state index contributed by atoms with van der Waals surface area (Å²) in [5, 5.41) is 12.5. The highest BCUT2D eigenvalue weighted by Gasteiger charge is 2.12. The van der Waals surface area contributed by atoms with E-state index in [0.717, 1.165) is 17.3 Å². The molecule has 0 atom stereocenters. The Kier molecular flexibility index (Phi) is 5.48. The van der Waals surface area contributed by atoms with E-state index in [1.807, 2.05) is 0 Å². The van der Waals surface area contributed by atoms with E-state index in [1.165, 1.54) is 6.07 Å². The third-order valence-corrected chi connectivity index (χ3v) is 3.40. The number of phenols is 1. The molecule has 2 N–H and O–H groups in total. The molecule has 1 aromatic carbocycles. The highest BCUT2D eigenvalue weighted by atomic mass is 79.9. The van der Waals surface area contributed by atoms with E-state index in [-0.39, 0.29) is 11.7 Å². The first-order valence-corrected chi connectivity index (χ1v) is 6.64. The standard InChI is InChI=1S/C13H18BrNO2/c1-3-9(4-2)8-15-13(17)11-7-10(14)5-6-12(11)16/h5-7,9,16H,3-4,8H2,1-2H3,(H,15,17). The maximum Gasteiger partial charge on any atom is 0.255 e. The van der Waals surface area contributed by atoms with Crippen molar-refractivity contribution in [2.24, 2.45) is 5.92 Å². The Morgan fingerprint density at radius 1 is 1.41 bits per heavy atom. The van der Waals surface area contributed by atoms with Crippen LogP contribution in [0.1, 0.15) is 37.0 Å². The van der Waals surface area contributed by atoms with Crippen molar-refractivity contribution in [2.75, 3.05) is 6.54 Å². The van der Waals surface area contributed by atoms with Gasteiger partial charge in [0.05, 0.1) is 5.56 Å². The van der Waals surface area contributed by atoms with Gasteiger partial charge in [-0.25, -0.2) is 0 Å². The SMILES string of the molecule is CCC(CC)CNC(=O)c1cc(Br)ccc1O. The molecule has 4 heteroatoms. The first kappa shape index (κ1) is 14.0. The summed E-state index contributed by atoms with van der Waals surface area (Å²) in [6.07, 6.45) is 2.09. The van der Waals surface area contributed by atoms with Gasteiger partial charge in [-0.05, 0) is 24.1 Å². The van der Waals surface area contributed by atoms with Gasteiger partial charge in [0.25, 0.3) is 5.91 Å². The predicted octanol–water partition coefficient (Wildman–Crippen LogP) is 3.32. The van der Waals surface area contributed by atoms with Gasteiger partial charge in [0.15, 0.2) is 0 Å². The zero-order chi connectivity index (χ0) is 12.8. The second kappa shape index (κ2) is 6.64. The summed E-state index contributed by atoms with van der Waals surface area (Å²) < 4.78 is 0.781. The second-order valence-electron chi connectivity index (χ2n) is 4.05. The van der Waals surface area contributed by atoms with Gasteiger partial charge in [0, 0.05) is 11.0 Å². The van der Waals surface area contributed by atoms with Crippen LogP contribution in [0.4, 0.5) is 0 Å². The molecule has 0 aliphatic carbocycles. The molecule has 0 unspecified atom stereocenters. The smallest absolute Gasteiger partial charge is 0.255 e. The average molecular weight is 300 g/mol. The molecule has 0 aliphatic heterocycles. The Morgan fingerprint density at radius 3 is 2.65 bits per heavy atom. The van der Waals surface area contributed by atoms with Crippen molar-refractivity contribution in [3.05, 3.63) is 28.2 Å². The van der Waals surface area contributed by atoms with E-state index in [1.54, 1.807) is 12.1 Å². The van der Waals surface area contributed by atoms with Gasteiger partial charge in [-0.3, -0.25) is 4.79 Å². The molecule has 0 fully saturated rings. The van der Waals surface area contributed by atoms with E-state index >= 15 is 0 Å². The number of aromatic hydroxyl groups is 1. The minimum atomic E-state index is -0.226. The number of amides is 1.